The molecule has 1 aliphatic rings. The third kappa shape index (κ3) is 3.64. The van der Waals surface area contributed by atoms with Crippen LogP contribution in [-0.4, -0.2) is 34.2 Å². The number of aryl methyl sites for hydroxylation is 1. The molecule has 0 bridgehead atoms. The third-order valence-electron chi connectivity index (χ3n) is 2.65. The smallest absolute Gasteiger partial charge is 0.262 e. The van der Waals surface area contributed by atoms with Crippen LogP contribution in [0.4, 0.5) is 8.78 Å². The van der Waals surface area contributed by atoms with E-state index in [9.17, 15) is 13.6 Å². The number of nitrogens with one attached hydrogen (secondary N) is 2. The van der Waals surface area contributed by atoms with Crippen molar-refractivity contribution in [2.45, 2.75) is 24.9 Å². The van der Waals surface area contributed by atoms with E-state index in [0.29, 0.717) is 6.54 Å². The molecule has 18 heavy (non-hydrogen) atoms. The van der Waals surface area contributed by atoms with E-state index in [4.69, 9.17) is 0 Å². The lowest BCUT2D eigenvalue weighted by Crippen LogP contribution is -2.39. The molecule has 1 aliphatic heterocycles. The van der Waals surface area contributed by atoms with Crippen LogP contribution in [0.5, 0.6) is 0 Å². The topological polar surface area (TPSA) is 59.0 Å². The van der Waals surface area contributed by atoms with Gasteiger partial charge in [-0.05, 0) is 0 Å². The van der Waals surface area contributed by atoms with Gasteiger partial charge in [0, 0.05) is 31.8 Å². The summed E-state index contributed by atoms with van der Waals surface area (Å²) in [6.45, 7) is -0.131. The highest BCUT2D eigenvalue weighted by Gasteiger charge is 2.42. The molecule has 0 saturated carbocycles. The first-order valence-electron chi connectivity index (χ1n) is 5.33. The predicted molar refractivity (Wildman–Crippen MR) is 63.7 cm³/mol. The Bertz CT molecular complexity index is 424. The second kappa shape index (κ2) is 5.62. The highest BCUT2D eigenvalue weighted by atomic mass is 35.5. The fraction of sp³-hybridized carbons (Fsp3) is 0.600. The first kappa shape index (κ1) is 14.8. The number of hydrogen-bond donors (Lipinski definition) is 2. The summed E-state index contributed by atoms with van der Waals surface area (Å²) < 4.78 is 27.3. The molecule has 2 rings (SSSR count). The molecule has 1 saturated heterocycles. The quantitative estimate of drug-likeness (QED) is 0.845. The van der Waals surface area contributed by atoms with Crippen LogP contribution in [0.25, 0.3) is 0 Å². The van der Waals surface area contributed by atoms with Crippen molar-refractivity contribution in [1.29, 1.82) is 0 Å². The van der Waals surface area contributed by atoms with Gasteiger partial charge in [-0.25, -0.2) is 8.78 Å². The summed E-state index contributed by atoms with van der Waals surface area (Å²) in [6, 6.07) is -0.804. The van der Waals surface area contributed by atoms with Gasteiger partial charge in [-0.3, -0.25) is 14.8 Å². The number of hydrogen-bond acceptors (Lipinski definition) is 3. The number of amides is 1. The average Bonchev–Trinajstić information content (AvgIpc) is 2.81. The first-order chi connectivity index (χ1) is 7.96. The van der Waals surface area contributed by atoms with E-state index in [-0.39, 0.29) is 12.4 Å². The Labute approximate surface area is 109 Å². The minimum Gasteiger partial charge on any atom is -0.351 e. The Balaban J connectivity index is 0.00000162. The van der Waals surface area contributed by atoms with Crippen molar-refractivity contribution in [2.24, 2.45) is 7.05 Å². The van der Waals surface area contributed by atoms with Gasteiger partial charge in [0.25, 0.3) is 5.92 Å². The molecule has 2 N–H and O–H groups in total. The van der Waals surface area contributed by atoms with Crippen LogP contribution in [0.3, 0.4) is 0 Å². The monoisotopic (exact) mass is 280 g/mol. The van der Waals surface area contributed by atoms with E-state index in [1.54, 1.807) is 24.1 Å². The Kier molecular flexibility index (Phi) is 4.64. The van der Waals surface area contributed by atoms with E-state index in [0.717, 1.165) is 5.56 Å². The van der Waals surface area contributed by atoms with Crippen molar-refractivity contribution in [1.82, 2.24) is 20.4 Å². The van der Waals surface area contributed by atoms with Gasteiger partial charge in [0.1, 0.15) is 0 Å². The Hall–Kier alpha value is -1.21. The van der Waals surface area contributed by atoms with Crippen LogP contribution < -0.4 is 10.6 Å². The molecule has 102 valence electrons. The number of alkyl halides is 2. The molecule has 1 unspecified atom stereocenters. The summed E-state index contributed by atoms with van der Waals surface area (Å²) in [5, 5.41) is 9.05. The van der Waals surface area contributed by atoms with Gasteiger partial charge in [-0.2, -0.15) is 5.10 Å². The average molecular weight is 281 g/mol. The molecule has 2 heterocycles. The molecule has 0 spiro atoms. The van der Waals surface area contributed by atoms with Gasteiger partial charge in [-0.15, -0.1) is 12.4 Å². The van der Waals surface area contributed by atoms with E-state index >= 15 is 0 Å². The minimum atomic E-state index is -2.78. The maximum atomic E-state index is 12.9. The van der Waals surface area contributed by atoms with Crippen LogP contribution >= 0.6 is 12.4 Å². The lowest BCUT2D eigenvalue weighted by Gasteiger charge is -2.10. The third-order valence-corrected chi connectivity index (χ3v) is 2.65. The van der Waals surface area contributed by atoms with Crippen molar-refractivity contribution < 1.29 is 13.6 Å². The number of aromatic nitrogens is 2. The molecular weight excluding hydrogens is 266 g/mol. The maximum Gasteiger partial charge on any atom is 0.262 e. The summed E-state index contributed by atoms with van der Waals surface area (Å²) in [5.74, 6) is -3.18. The van der Waals surface area contributed by atoms with Gasteiger partial charge >= 0.3 is 0 Å². The normalized spacial score (nSPS) is 21.4. The van der Waals surface area contributed by atoms with Gasteiger partial charge < -0.3 is 5.32 Å². The summed E-state index contributed by atoms with van der Waals surface area (Å²) >= 11 is 0. The standard InChI is InChI=1S/C10H14F2N4O.ClH/c1-16-5-7(4-15-16)3-13-9(17)8-2-10(11,12)6-14-8;/h4-5,8,14H,2-3,6H2,1H3,(H,13,17);1H. The van der Waals surface area contributed by atoms with Crippen LogP contribution in [0.2, 0.25) is 0 Å². The molecule has 1 fully saturated rings. The van der Waals surface area contributed by atoms with Gasteiger partial charge in [0.15, 0.2) is 0 Å². The zero-order chi connectivity index (χ0) is 12.5. The predicted octanol–water partition coefficient (Wildman–Crippen LogP) is 0.455. The molecule has 0 aromatic carbocycles. The number of nitrogens with zero attached hydrogens (tertiary/aromatic N) is 2. The lowest BCUT2D eigenvalue weighted by molar-refractivity contribution is -0.123. The van der Waals surface area contributed by atoms with Gasteiger partial charge in [-0.1, -0.05) is 0 Å². The first-order valence-corrected chi connectivity index (χ1v) is 5.33. The van der Waals surface area contributed by atoms with Crippen molar-refractivity contribution >= 4 is 18.3 Å². The number of halogens is 3. The minimum absolute atomic E-state index is 0. The Morgan fingerprint density at radius 1 is 1.72 bits per heavy atom. The van der Waals surface area contributed by atoms with E-state index in [2.05, 4.69) is 15.7 Å². The molecular formula is C10H15ClF2N4O. The van der Waals surface area contributed by atoms with E-state index < -0.39 is 30.8 Å². The second-order valence-corrected chi connectivity index (χ2v) is 4.23. The summed E-state index contributed by atoms with van der Waals surface area (Å²) in [7, 11) is 1.77. The van der Waals surface area contributed by atoms with Crippen LogP contribution in [0, 0.1) is 0 Å². The number of carbonyl (C=O) groups is 1. The van der Waals surface area contributed by atoms with E-state index in [1.807, 2.05) is 0 Å². The van der Waals surface area contributed by atoms with Crippen molar-refractivity contribution in [2.75, 3.05) is 6.54 Å². The molecule has 0 radical (unpaired) electrons. The van der Waals surface area contributed by atoms with Crippen molar-refractivity contribution in [3.63, 3.8) is 0 Å². The SMILES string of the molecule is Cl.Cn1cc(CNC(=O)C2CC(F)(F)CN2)cn1. The largest absolute Gasteiger partial charge is 0.351 e. The Morgan fingerprint density at radius 2 is 2.44 bits per heavy atom. The fourth-order valence-electron chi connectivity index (χ4n) is 1.78. The highest BCUT2D eigenvalue weighted by Crippen LogP contribution is 2.24. The zero-order valence-electron chi connectivity index (χ0n) is 9.82. The van der Waals surface area contributed by atoms with Crippen LogP contribution in [0.1, 0.15) is 12.0 Å². The molecule has 5 nitrogen and oxygen atoms in total. The molecule has 1 aromatic heterocycles. The summed E-state index contributed by atoms with van der Waals surface area (Å²) in [6.07, 6.45) is 2.94. The number of carbonyl (C=O) groups excluding carboxylic acids is 1. The lowest BCUT2D eigenvalue weighted by atomic mass is 10.2. The molecule has 1 aromatic rings. The molecule has 1 amide bonds. The Morgan fingerprint density at radius 3 is 2.94 bits per heavy atom. The van der Waals surface area contributed by atoms with Crippen LogP contribution in [-0.2, 0) is 18.4 Å². The molecule has 0 aliphatic carbocycles. The molecule has 8 heteroatoms. The van der Waals surface area contributed by atoms with Crippen LogP contribution in [0.15, 0.2) is 12.4 Å². The number of rotatable bonds is 3. The highest BCUT2D eigenvalue weighted by molar-refractivity contribution is 5.85. The maximum absolute atomic E-state index is 12.9. The summed E-state index contributed by atoms with van der Waals surface area (Å²) in [5.41, 5.74) is 0.839. The summed E-state index contributed by atoms with van der Waals surface area (Å²) in [4.78, 5) is 11.6. The fourth-order valence-corrected chi connectivity index (χ4v) is 1.78. The van der Waals surface area contributed by atoms with Crippen molar-refractivity contribution in [3.8, 4) is 0 Å². The van der Waals surface area contributed by atoms with Gasteiger partial charge in [0.05, 0.1) is 18.8 Å². The second-order valence-electron chi connectivity index (χ2n) is 4.23. The molecule has 1 atom stereocenters. The van der Waals surface area contributed by atoms with Gasteiger partial charge in [0.2, 0.25) is 5.91 Å². The van der Waals surface area contributed by atoms with E-state index in [1.165, 1.54) is 0 Å². The zero-order valence-corrected chi connectivity index (χ0v) is 10.6. The van der Waals surface area contributed by atoms with Crippen molar-refractivity contribution in [3.05, 3.63) is 18.0 Å².